The second-order valence-corrected chi connectivity index (χ2v) is 4.87. The summed E-state index contributed by atoms with van der Waals surface area (Å²) in [5, 5.41) is 0. The standard InChI is InChI=1S/C9H20N2O3Si/c1-6-14-15-9(10(4)7(2)12)11(5)8(3)13/h9H,6,15H2,1-5H3. The Morgan fingerprint density at radius 1 is 1.20 bits per heavy atom. The number of carbonyl (C=O) groups excluding carboxylic acids is 2. The lowest BCUT2D eigenvalue weighted by atomic mass is 10.5. The van der Waals surface area contributed by atoms with Crippen molar-refractivity contribution in [2.45, 2.75) is 26.6 Å². The summed E-state index contributed by atoms with van der Waals surface area (Å²) < 4.78 is 5.39. The van der Waals surface area contributed by atoms with Crippen molar-refractivity contribution in [1.82, 2.24) is 9.80 Å². The fourth-order valence-electron chi connectivity index (χ4n) is 1.13. The number of rotatable bonds is 5. The zero-order valence-corrected chi connectivity index (χ0v) is 11.5. The molecule has 0 rings (SSSR count). The van der Waals surface area contributed by atoms with E-state index in [0.717, 1.165) is 0 Å². The monoisotopic (exact) mass is 232 g/mol. The van der Waals surface area contributed by atoms with Crippen LogP contribution in [0, 0.1) is 0 Å². The molecule has 0 spiro atoms. The SMILES string of the molecule is CCO[SiH2]C(N(C)C(C)=O)N(C)C(C)=O. The maximum absolute atomic E-state index is 11.2. The van der Waals surface area contributed by atoms with E-state index in [4.69, 9.17) is 4.43 Å². The van der Waals surface area contributed by atoms with E-state index in [1.54, 1.807) is 23.9 Å². The van der Waals surface area contributed by atoms with E-state index in [-0.39, 0.29) is 17.6 Å². The minimum Gasteiger partial charge on any atom is -0.420 e. The van der Waals surface area contributed by atoms with Gasteiger partial charge in [0.05, 0.1) is 0 Å². The number of hydrogen-bond acceptors (Lipinski definition) is 3. The van der Waals surface area contributed by atoms with Gasteiger partial charge >= 0.3 is 0 Å². The second kappa shape index (κ2) is 6.57. The lowest BCUT2D eigenvalue weighted by Crippen LogP contribution is -2.52. The molecule has 0 aliphatic rings. The Balaban J connectivity index is 4.56. The zero-order valence-electron chi connectivity index (χ0n) is 10.1. The van der Waals surface area contributed by atoms with E-state index in [2.05, 4.69) is 0 Å². The average Bonchev–Trinajstić information content (AvgIpc) is 2.17. The number of carbonyl (C=O) groups is 2. The first-order chi connectivity index (χ1) is 6.91. The topological polar surface area (TPSA) is 49.9 Å². The Bertz CT molecular complexity index is 215. The van der Waals surface area contributed by atoms with Crippen LogP contribution < -0.4 is 0 Å². The summed E-state index contributed by atoms with van der Waals surface area (Å²) in [7, 11) is 2.44. The van der Waals surface area contributed by atoms with Gasteiger partial charge in [0.15, 0.2) is 0 Å². The van der Waals surface area contributed by atoms with Crippen LogP contribution in [0.1, 0.15) is 20.8 Å². The molecule has 0 unspecified atom stereocenters. The molecule has 0 saturated heterocycles. The summed E-state index contributed by atoms with van der Waals surface area (Å²) in [6.07, 6.45) is 0. The molecule has 15 heavy (non-hydrogen) atoms. The number of hydrogen-bond donors (Lipinski definition) is 0. The van der Waals surface area contributed by atoms with E-state index >= 15 is 0 Å². The highest BCUT2D eigenvalue weighted by Crippen LogP contribution is 2.02. The predicted molar refractivity (Wildman–Crippen MR) is 60.8 cm³/mol. The number of nitrogens with zero attached hydrogens (tertiary/aromatic N) is 2. The summed E-state index contributed by atoms with van der Waals surface area (Å²) in [5.41, 5.74) is 0. The van der Waals surface area contributed by atoms with Gasteiger partial charge in [0, 0.05) is 34.5 Å². The molecule has 0 saturated carbocycles. The zero-order chi connectivity index (χ0) is 12.0. The molecular formula is C9H20N2O3Si. The molecule has 0 aromatic rings. The third kappa shape index (κ3) is 4.44. The van der Waals surface area contributed by atoms with E-state index in [1.165, 1.54) is 13.8 Å². The van der Waals surface area contributed by atoms with Crippen molar-refractivity contribution in [2.24, 2.45) is 0 Å². The summed E-state index contributed by atoms with van der Waals surface area (Å²) in [4.78, 5) is 25.6. The Kier molecular flexibility index (Phi) is 6.19. The van der Waals surface area contributed by atoms with Crippen LogP contribution in [0.3, 0.4) is 0 Å². The lowest BCUT2D eigenvalue weighted by Gasteiger charge is -2.33. The molecule has 0 aromatic heterocycles. The molecule has 6 heteroatoms. The van der Waals surface area contributed by atoms with Gasteiger partial charge in [-0.05, 0) is 6.92 Å². The molecule has 0 heterocycles. The van der Waals surface area contributed by atoms with Crippen LogP contribution in [-0.4, -0.2) is 57.9 Å². The van der Waals surface area contributed by atoms with Crippen LogP contribution in [0.15, 0.2) is 0 Å². The Morgan fingerprint density at radius 2 is 1.60 bits per heavy atom. The van der Waals surface area contributed by atoms with Crippen LogP contribution in [0.5, 0.6) is 0 Å². The van der Waals surface area contributed by atoms with Crippen molar-refractivity contribution in [3.8, 4) is 0 Å². The van der Waals surface area contributed by atoms with Gasteiger partial charge in [-0.15, -0.1) is 0 Å². The second-order valence-electron chi connectivity index (χ2n) is 3.40. The molecule has 5 nitrogen and oxygen atoms in total. The molecule has 0 fully saturated rings. The van der Waals surface area contributed by atoms with Gasteiger partial charge in [-0.2, -0.15) is 0 Å². The Labute approximate surface area is 93.3 Å². The van der Waals surface area contributed by atoms with Crippen molar-refractivity contribution in [1.29, 1.82) is 0 Å². The largest absolute Gasteiger partial charge is 0.420 e. The Morgan fingerprint density at radius 3 is 1.87 bits per heavy atom. The smallest absolute Gasteiger partial charge is 0.220 e. The van der Waals surface area contributed by atoms with Gasteiger partial charge in [0.1, 0.15) is 5.79 Å². The minimum absolute atomic E-state index is 0.0553. The van der Waals surface area contributed by atoms with Gasteiger partial charge in [-0.25, -0.2) is 0 Å². The van der Waals surface area contributed by atoms with E-state index in [9.17, 15) is 9.59 Å². The molecule has 0 atom stereocenters. The molecule has 88 valence electrons. The van der Waals surface area contributed by atoms with Crippen molar-refractivity contribution >= 4 is 21.6 Å². The summed E-state index contributed by atoms with van der Waals surface area (Å²) in [6.45, 7) is 5.51. The highest BCUT2D eigenvalue weighted by Gasteiger charge is 2.24. The molecular weight excluding hydrogens is 212 g/mol. The van der Waals surface area contributed by atoms with Crippen molar-refractivity contribution in [2.75, 3.05) is 20.7 Å². The van der Waals surface area contributed by atoms with Gasteiger partial charge in [0.25, 0.3) is 0 Å². The first-order valence-corrected chi connectivity index (χ1v) is 6.35. The molecule has 0 aliphatic carbocycles. The van der Waals surface area contributed by atoms with Crippen LogP contribution in [0.4, 0.5) is 0 Å². The van der Waals surface area contributed by atoms with Crippen LogP contribution >= 0.6 is 0 Å². The van der Waals surface area contributed by atoms with Gasteiger partial charge in [0.2, 0.25) is 21.6 Å². The highest BCUT2D eigenvalue weighted by molar-refractivity contribution is 6.30. The minimum atomic E-state index is -0.945. The van der Waals surface area contributed by atoms with E-state index < -0.39 is 9.76 Å². The molecule has 0 aromatic carbocycles. The summed E-state index contributed by atoms with van der Waals surface area (Å²) in [5.74, 6) is -0.305. The fourth-order valence-corrected chi connectivity index (χ4v) is 2.53. The quantitative estimate of drug-likeness (QED) is 0.467. The van der Waals surface area contributed by atoms with E-state index in [0.29, 0.717) is 6.61 Å². The Hall–Kier alpha value is -0.883. The predicted octanol–water partition coefficient (Wildman–Crippen LogP) is -0.653. The average molecular weight is 232 g/mol. The third-order valence-corrected chi connectivity index (χ3v) is 4.40. The molecule has 2 amide bonds. The summed E-state index contributed by atoms with van der Waals surface area (Å²) in [6, 6.07) is 0. The van der Waals surface area contributed by atoms with Crippen LogP contribution in [0.25, 0.3) is 0 Å². The maximum Gasteiger partial charge on any atom is 0.220 e. The lowest BCUT2D eigenvalue weighted by molar-refractivity contribution is -0.137. The van der Waals surface area contributed by atoms with Crippen LogP contribution in [-0.2, 0) is 14.0 Å². The molecule has 0 N–H and O–H groups in total. The van der Waals surface area contributed by atoms with E-state index in [1.807, 2.05) is 6.92 Å². The number of amides is 2. The molecule has 0 radical (unpaired) electrons. The highest BCUT2D eigenvalue weighted by atomic mass is 28.2. The van der Waals surface area contributed by atoms with Crippen molar-refractivity contribution in [3.05, 3.63) is 0 Å². The van der Waals surface area contributed by atoms with Gasteiger partial charge in [-0.3, -0.25) is 9.59 Å². The first-order valence-electron chi connectivity index (χ1n) is 4.96. The molecule has 0 bridgehead atoms. The van der Waals surface area contributed by atoms with Gasteiger partial charge < -0.3 is 14.2 Å². The maximum atomic E-state index is 11.2. The summed E-state index contributed by atoms with van der Waals surface area (Å²) >= 11 is 0. The van der Waals surface area contributed by atoms with Crippen molar-refractivity contribution < 1.29 is 14.0 Å². The third-order valence-electron chi connectivity index (χ3n) is 2.36. The van der Waals surface area contributed by atoms with Crippen LogP contribution in [0.2, 0.25) is 0 Å². The van der Waals surface area contributed by atoms with Gasteiger partial charge in [-0.1, -0.05) is 0 Å². The van der Waals surface area contributed by atoms with Crippen molar-refractivity contribution in [3.63, 3.8) is 0 Å². The fraction of sp³-hybridized carbons (Fsp3) is 0.778. The molecule has 0 aliphatic heterocycles. The first kappa shape index (κ1) is 14.1. The normalized spacial score (nSPS) is 11.1.